The Bertz CT molecular complexity index is 562. The predicted molar refractivity (Wildman–Crippen MR) is 86.1 cm³/mol. The minimum absolute atomic E-state index is 0.0210. The largest absolute Gasteiger partial charge is 0.444 e. The second-order valence-electron chi connectivity index (χ2n) is 7.10. The van der Waals surface area contributed by atoms with Crippen LogP contribution in [0.3, 0.4) is 0 Å². The van der Waals surface area contributed by atoms with E-state index in [-0.39, 0.29) is 18.0 Å². The molecule has 2 atom stereocenters. The summed E-state index contributed by atoms with van der Waals surface area (Å²) in [6.07, 6.45) is 6.35. The summed E-state index contributed by atoms with van der Waals surface area (Å²) in [6, 6.07) is 0.0609. The summed E-state index contributed by atoms with van der Waals surface area (Å²) in [7, 11) is 1.82. The van der Waals surface area contributed by atoms with Gasteiger partial charge in [-0.2, -0.15) is 0 Å². The molecule has 0 spiro atoms. The molecule has 1 aliphatic carbocycles. The fourth-order valence-corrected chi connectivity index (χ4v) is 2.72. The maximum atomic E-state index is 12.1. The van der Waals surface area contributed by atoms with Gasteiger partial charge in [-0.15, -0.1) is 0 Å². The SMILES string of the molecule is Cn1cnc(C(=O)N[C@@H]2CCC[C@H](NC(=O)OC(C)(C)C)C2)c1. The lowest BCUT2D eigenvalue weighted by Crippen LogP contribution is -2.47. The van der Waals surface area contributed by atoms with Gasteiger partial charge in [-0.3, -0.25) is 4.79 Å². The third-order valence-corrected chi connectivity index (χ3v) is 3.67. The Morgan fingerprint density at radius 3 is 2.48 bits per heavy atom. The third-order valence-electron chi connectivity index (χ3n) is 3.67. The normalized spacial score (nSPS) is 21.6. The van der Waals surface area contributed by atoms with Gasteiger partial charge in [0, 0.05) is 25.3 Å². The van der Waals surface area contributed by atoms with Crippen LogP contribution in [0.15, 0.2) is 12.5 Å². The Morgan fingerprint density at radius 2 is 1.91 bits per heavy atom. The van der Waals surface area contributed by atoms with Crippen LogP contribution in [0.1, 0.15) is 56.9 Å². The minimum atomic E-state index is -0.509. The molecule has 23 heavy (non-hydrogen) atoms. The van der Waals surface area contributed by atoms with E-state index < -0.39 is 11.7 Å². The van der Waals surface area contributed by atoms with Crippen LogP contribution in [0.25, 0.3) is 0 Å². The molecule has 1 aromatic heterocycles. The number of ether oxygens (including phenoxy) is 1. The van der Waals surface area contributed by atoms with Crippen LogP contribution >= 0.6 is 0 Å². The number of amides is 2. The molecular formula is C16H26N4O3. The number of aromatic nitrogens is 2. The maximum Gasteiger partial charge on any atom is 0.407 e. The number of nitrogens with zero attached hydrogens (tertiary/aromatic N) is 2. The molecule has 0 saturated heterocycles. The Hall–Kier alpha value is -2.05. The average molecular weight is 322 g/mol. The number of carbonyl (C=O) groups is 2. The molecule has 0 radical (unpaired) electrons. The number of alkyl carbamates (subject to hydrolysis) is 1. The fourth-order valence-electron chi connectivity index (χ4n) is 2.72. The van der Waals surface area contributed by atoms with Crippen molar-refractivity contribution in [3.63, 3.8) is 0 Å². The summed E-state index contributed by atoms with van der Waals surface area (Å²) < 4.78 is 7.02. The van der Waals surface area contributed by atoms with Gasteiger partial charge in [-0.05, 0) is 46.5 Å². The van der Waals surface area contributed by atoms with E-state index in [1.165, 1.54) is 0 Å². The van der Waals surface area contributed by atoms with Crippen molar-refractivity contribution in [3.8, 4) is 0 Å². The zero-order valence-electron chi connectivity index (χ0n) is 14.3. The van der Waals surface area contributed by atoms with Crippen molar-refractivity contribution < 1.29 is 14.3 Å². The van der Waals surface area contributed by atoms with Crippen molar-refractivity contribution in [2.75, 3.05) is 0 Å². The molecule has 7 heteroatoms. The standard InChI is InChI=1S/C16H26N4O3/c1-16(2,3)23-15(22)19-12-7-5-6-11(8-12)18-14(21)13-9-20(4)10-17-13/h9-12H,5-8H2,1-4H3,(H,18,21)(H,19,22)/t11-,12+/m1/s1. The van der Waals surface area contributed by atoms with Gasteiger partial charge in [-0.1, -0.05) is 0 Å². The highest BCUT2D eigenvalue weighted by Crippen LogP contribution is 2.19. The molecule has 1 aromatic rings. The van der Waals surface area contributed by atoms with Gasteiger partial charge in [0.15, 0.2) is 0 Å². The highest BCUT2D eigenvalue weighted by Gasteiger charge is 2.26. The summed E-state index contributed by atoms with van der Waals surface area (Å²) in [4.78, 5) is 28.0. The molecular weight excluding hydrogens is 296 g/mol. The van der Waals surface area contributed by atoms with E-state index >= 15 is 0 Å². The van der Waals surface area contributed by atoms with Crippen LogP contribution in [0.4, 0.5) is 4.79 Å². The van der Waals surface area contributed by atoms with Crippen molar-refractivity contribution in [3.05, 3.63) is 18.2 Å². The second kappa shape index (κ2) is 7.02. The molecule has 0 bridgehead atoms. The molecule has 0 unspecified atom stereocenters. The smallest absolute Gasteiger partial charge is 0.407 e. The topological polar surface area (TPSA) is 85.3 Å². The van der Waals surface area contributed by atoms with Gasteiger partial charge in [0.25, 0.3) is 5.91 Å². The van der Waals surface area contributed by atoms with E-state index in [0.717, 1.165) is 19.3 Å². The number of rotatable bonds is 3. The van der Waals surface area contributed by atoms with E-state index in [2.05, 4.69) is 15.6 Å². The highest BCUT2D eigenvalue weighted by atomic mass is 16.6. The van der Waals surface area contributed by atoms with Crippen LogP contribution in [-0.2, 0) is 11.8 Å². The van der Waals surface area contributed by atoms with Gasteiger partial charge < -0.3 is 19.9 Å². The van der Waals surface area contributed by atoms with E-state index in [1.807, 2.05) is 27.8 Å². The number of imidazole rings is 1. The number of hydrogen-bond acceptors (Lipinski definition) is 4. The lowest BCUT2D eigenvalue weighted by Gasteiger charge is -2.31. The monoisotopic (exact) mass is 322 g/mol. The van der Waals surface area contributed by atoms with E-state index in [9.17, 15) is 9.59 Å². The van der Waals surface area contributed by atoms with Crippen molar-refractivity contribution in [2.45, 2.75) is 64.1 Å². The molecule has 0 aliphatic heterocycles. The van der Waals surface area contributed by atoms with Crippen molar-refractivity contribution >= 4 is 12.0 Å². The summed E-state index contributed by atoms with van der Waals surface area (Å²) in [5.74, 6) is -0.173. The first-order valence-corrected chi connectivity index (χ1v) is 8.01. The zero-order valence-corrected chi connectivity index (χ0v) is 14.3. The fraction of sp³-hybridized carbons (Fsp3) is 0.688. The van der Waals surface area contributed by atoms with E-state index in [4.69, 9.17) is 4.74 Å². The van der Waals surface area contributed by atoms with Crippen LogP contribution in [0.5, 0.6) is 0 Å². The average Bonchev–Trinajstić information content (AvgIpc) is 2.83. The van der Waals surface area contributed by atoms with Crippen molar-refractivity contribution in [1.82, 2.24) is 20.2 Å². The Kier molecular flexibility index (Phi) is 5.28. The minimum Gasteiger partial charge on any atom is -0.444 e. The van der Waals surface area contributed by atoms with Gasteiger partial charge in [0.2, 0.25) is 0 Å². The van der Waals surface area contributed by atoms with Crippen LogP contribution in [0, 0.1) is 0 Å². The molecule has 2 N–H and O–H groups in total. The molecule has 1 saturated carbocycles. The first-order valence-electron chi connectivity index (χ1n) is 8.01. The first-order chi connectivity index (χ1) is 10.7. The van der Waals surface area contributed by atoms with Gasteiger partial charge in [0.1, 0.15) is 11.3 Å². The van der Waals surface area contributed by atoms with Crippen LogP contribution < -0.4 is 10.6 Å². The molecule has 0 aromatic carbocycles. The van der Waals surface area contributed by atoms with Gasteiger partial charge in [-0.25, -0.2) is 9.78 Å². The van der Waals surface area contributed by atoms with Gasteiger partial charge >= 0.3 is 6.09 Å². The van der Waals surface area contributed by atoms with Crippen molar-refractivity contribution in [2.24, 2.45) is 7.05 Å². The Labute approximate surface area is 136 Å². The molecule has 2 amide bonds. The lowest BCUT2D eigenvalue weighted by molar-refractivity contribution is 0.0489. The summed E-state index contributed by atoms with van der Waals surface area (Å²) >= 11 is 0. The Balaban J connectivity index is 1.83. The summed E-state index contributed by atoms with van der Waals surface area (Å²) in [5, 5.41) is 5.88. The third kappa shape index (κ3) is 5.58. The van der Waals surface area contributed by atoms with Crippen LogP contribution in [-0.4, -0.2) is 39.2 Å². The van der Waals surface area contributed by atoms with Crippen LogP contribution in [0.2, 0.25) is 0 Å². The molecule has 2 rings (SSSR count). The van der Waals surface area contributed by atoms with Crippen molar-refractivity contribution in [1.29, 1.82) is 0 Å². The number of hydrogen-bond donors (Lipinski definition) is 2. The van der Waals surface area contributed by atoms with Gasteiger partial charge in [0.05, 0.1) is 6.33 Å². The maximum absolute atomic E-state index is 12.1. The predicted octanol–water partition coefficient (Wildman–Crippen LogP) is 1.99. The first kappa shape index (κ1) is 17.3. The molecule has 128 valence electrons. The second-order valence-corrected chi connectivity index (χ2v) is 7.10. The summed E-state index contributed by atoms with van der Waals surface area (Å²) in [5.41, 5.74) is -0.0968. The number of carbonyl (C=O) groups excluding carboxylic acids is 2. The lowest BCUT2D eigenvalue weighted by atomic mass is 9.91. The molecule has 7 nitrogen and oxygen atoms in total. The summed E-state index contributed by atoms with van der Waals surface area (Å²) in [6.45, 7) is 5.51. The van der Waals surface area contributed by atoms with E-state index in [1.54, 1.807) is 17.1 Å². The quantitative estimate of drug-likeness (QED) is 0.891. The highest BCUT2D eigenvalue weighted by molar-refractivity contribution is 5.92. The molecule has 1 fully saturated rings. The zero-order chi connectivity index (χ0) is 17.0. The molecule has 1 heterocycles. The number of nitrogens with one attached hydrogen (secondary N) is 2. The Morgan fingerprint density at radius 1 is 1.26 bits per heavy atom. The van der Waals surface area contributed by atoms with E-state index in [0.29, 0.717) is 12.1 Å². The number of aryl methyl sites for hydroxylation is 1. The molecule has 1 aliphatic rings.